The molecule has 1 aromatic rings. The Bertz CT molecular complexity index is 380. The second-order valence-electron chi connectivity index (χ2n) is 3.36. The Morgan fingerprint density at radius 2 is 2.25 bits per heavy atom. The zero-order valence-electron chi connectivity index (χ0n) is 8.77. The third-order valence-corrected chi connectivity index (χ3v) is 3.59. The van der Waals surface area contributed by atoms with E-state index in [2.05, 4.69) is 37.2 Å². The maximum Gasteiger partial charge on any atom is 0.251 e. The molecule has 0 aliphatic heterocycles. The Morgan fingerprint density at radius 1 is 1.56 bits per heavy atom. The number of alkyl halides is 1. The molecule has 1 atom stereocenters. The number of hydrogen-bond donors (Lipinski definition) is 1. The van der Waals surface area contributed by atoms with Crippen LogP contribution >= 0.6 is 31.9 Å². The maximum atomic E-state index is 13.0. The minimum atomic E-state index is -0.371. The Balaban J connectivity index is 2.76. The number of hydrogen-bond acceptors (Lipinski definition) is 1. The van der Waals surface area contributed by atoms with Gasteiger partial charge in [0.25, 0.3) is 5.91 Å². The van der Waals surface area contributed by atoms with E-state index in [4.69, 9.17) is 0 Å². The van der Waals surface area contributed by atoms with Crippen LogP contribution in [0.25, 0.3) is 0 Å². The fourth-order valence-electron chi connectivity index (χ4n) is 1.16. The maximum absolute atomic E-state index is 13.0. The van der Waals surface area contributed by atoms with E-state index in [0.29, 0.717) is 15.4 Å². The summed E-state index contributed by atoms with van der Waals surface area (Å²) < 4.78 is 13.3. The molecule has 0 bridgehead atoms. The Labute approximate surface area is 111 Å². The molecule has 5 heteroatoms. The third-order valence-electron chi connectivity index (χ3n) is 2.20. The molecule has 0 aliphatic carbocycles. The van der Waals surface area contributed by atoms with Crippen LogP contribution < -0.4 is 5.32 Å². The summed E-state index contributed by atoms with van der Waals surface area (Å²) in [5.41, 5.74) is 0.452. The van der Waals surface area contributed by atoms with Gasteiger partial charge in [-0.3, -0.25) is 4.79 Å². The van der Waals surface area contributed by atoms with Gasteiger partial charge in [0.2, 0.25) is 0 Å². The van der Waals surface area contributed by atoms with Crippen LogP contribution in [0.5, 0.6) is 0 Å². The molecule has 1 aromatic carbocycles. The number of nitrogens with one attached hydrogen (secondary N) is 1. The monoisotopic (exact) mass is 351 g/mol. The van der Waals surface area contributed by atoms with Crippen molar-refractivity contribution in [2.45, 2.75) is 19.4 Å². The Kier molecular flexibility index (Phi) is 5.41. The summed E-state index contributed by atoms with van der Waals surface area (Å²) in [5, 5.41) is 3.56. The molecule has 88 valence electrons. The zero-order valence-corrected chi connectivity index (χ0v) is 11.9. The Hall–Kier alpha value is -0.420. The van der Waals surface area contributed by atoms with Crippen LogP contribution in [0.1, 0.15) is 23.7 Å². The second kappa shape index (κ2) is 6.35. The molecule has 0 saturated heterocycles. The second-order valence-corrected chi connectivity index (χ2v) is 4.86. The minimum Gasteiger partial charge on any atom is -0.348 e. The van der Waals surface area contributed by atoms with Gasteiger partial charge in [0.05, 0.1) is 4.47 Å². The largest absolute Gasteiger partial charge is 0.348 e. The SMILES string of the molecule is CCC(CBr)NC(=O)c1ccc(F)c(Br)c1. The van der Waals surface area contributed by atoms with E-state index in [1.54, 1.807) is 0 Å². The average molecular weight is 353 g/mol. The molecule has 0 saturated carbocycles. The molecule has 2 nitrogen and oxygen atoms in total. The number of amides is 1. The third kappa shape index (κ3) is 3.56. The van der Waals surface area contributed by atoms with Crippen molar-refractivity contribution in [1.82, 2.24) is 5.32 Å². The van der Waals surface area contributed by atoms with Crippen LogP contribution in [0.4, 0.5) is 4.39 Å². The topological polar surface area (TPSA) is 29.1 Å². The molecule has 0 aromatic heterocycles. The molecule has 16 heavy (non-hydrogen) atoms. The molecule has 1 amide bonds. The van der Waals surface area contributed by atoms with Crippen LogP contribution in [0.3, 0.4) is 0 Å². The smallest absolute Gasteiger partial charge is 0.251 e. The van der Waals surface area contributed by atoms with Crippen molar-refractivity contribution in [3.8, 4) is 0 Å². The lowest BCUT2D eigenvalue weighted by Crippen LogP contribution is -2.35. The lowest BCUT2D eigenvalue weighted by molar-refractivity contribution is 0.0940. The summed E-state index contributed by atoms with van der Waals surface area (Å²) in [6.07, 6.45) is 0.847. The van der Waals surface area contributed by atoms with Crippen LogP contribution in [-0.2, 0) is 0 Å². The van der Waals surface area contributed by atoms with Gasteiger partial charge in [0.1, 0.15) is 5.82 Å². The standard InChI is InChI=1S/C11H12Br2FNO/c1-2-8(6-12)15-11(16)7-3-4-10(14)9(13)5-7/h3-5,8H,2,6H2,1H3,(H,15,16). The average Bonchev–Trinajstić information content (AvgIpc) is 2.29. The molecule has 1 N–H and O–H groups in total. The molecular formula is C11H12Br2FNO. The number of halogens is 3. The highest BCUT2D eigenvalue weighted by molar-refractivity contribution is 9.10. The van der Waals surface area contributed by atoms with Crippen LogP contribution in [0.15, 0.2) is 22.7 Å². The van der Waals surface area contributed by atoms with Gasteiger partial charge in [-0.25, -0.2) is 4.39 Å². The van der Waals surface area contributed by atoms with Crippen molar-refractivity contribution in [3.63, 3.8) is 0 Å². The van der Waals surface area contributed by atoms with E-state index in [-0.39, 0.29) is 17.8 Å². The van der Waals surface area contributed by atoms with Gasteiger partial charge >= 0.3 is 0 Å². The lowest BCUT2D eigenvalue weighted by atomic mass is 10.2. The molecule has 1 unspecified atom stereocenters. The fourth-order valence-corrected chi connectivity index (χ4v) is 2.15. The number of carbonyl (C=O) groups is 1. The molecule has 0 heterocycles. The zero-order chi connectivity index (χ0) is 12.1. The first-order valence-electron chi connectivity index (χ1n) is 4.90. The lowest BCUT2D eigenvalue weighted by Gasteiger charge is -2.13. The van der Waals surface area contributed by atoms with Crippen molar-refractivity contribution >= 4 is 37.8 Å². The van der Waals surface area contributed by atoms with E-state index >= 15 is 0 Å². The van der Waals surface area contributed by atoms with Gasteiger partial charge in [-0.15, -0.1) is 0 Å². The van der Waals surface area contributed by atoms with Crippen molar-refractivity contribution in [3.05, 3.63) is 34.1 Å². The molecule has 0 spiro atoms. The first kappa shape index (κ1) is 13.6. The number of carbonyl (C=O) groups excluding carboxylic acids is 1. The summed E-state index contributed by atoms with van der Waals surface area (Å²) in [7, 11) is 0. The highest BCUT2D eigenvalue weighted by Crippen LogP contribution is 2.16. The van der Waals surface area contributed by atoms with Crippen molar-refractivity contribution < 1.29 is 9.18 Å². The van der Waals surface area contributed by atoms with E-state index < -0.39 is 0 Å². The van der Waals surface area contributed by atoms with Gasteiger partial charge in [0, 0.05) is 16.9 Å². The molecule has 0 radical (unpaired) electrons. The highest BCUT2D eigenvalue weighted by Gasteiger charge is 2.12. The van der Waals surface area contributed by atoms with Crippen molar-refractivity contribution in [2.75, 3.05) is 5.33 Å². The molecular weight excluding hydrogens is 341 g/mol. The van der Waals surface area contributed by atoms with E-state index in [1.165, 1.54) is 18.2 Å². The highest BCUT2D eigenvalue weighted by atomic mass is 79.9. The van der Waals surface area contributed by atoms with Gasteiger partial charge in [-0.05, 0) is 40.5 Å². The number of benzene rings is 1. The summed E-state index contributed by atoms with van der Waals surface area (Å²) in [6, 6.07) is 4.31. The quantitative estimate of drug-likeness (QED) is 0.825. The van der Waals surface area contributed by atoms with Crippen LogP contribution in [0, 0.1) is 5.82 Å². The predicted molar refractivity (Wildman–Crippen MR) is 69.4 cm³/mol. The fraction of sp³-hybridized carbons (Fsp3) is 0.364. The van der Waals surface area contributed by atoms with Gasteiger partial charge in [-0.1, -0.05) is 22.9 Å². The number of rotatable bonds is 4. The summed E-state index contributed by atoms with van der Waals surface area (Å²) in [6.45, 7) is 1.99. The summed E-state index contributed by atoms with van der Waals surface area (Å²) >= 11 is 6.37. The van der Waals surface area contributed by atoms with Crippen LogP contribution in [-0.4, -0.2) is 17.3 Å². The van der Waals surface area contributed by atoms with Crippen molar-refractivity contribution in [1.29, 1.82) is 0 Å². The van der Waals surface area contributed by atoms with E-state index in [1.807, 2.05) is 6.92 Å². The van der Waals surface area contributed by atoms with Gasteiger partial charge in [-0.2, -0.15) is 0 Å². The van der Waals surface area contributed by atoms with E-state index in [9.17, 15) is 9.18 Å². The minimum absolute atomic E-state index is 0.0938. The summed E-state index contributed by atoms with van der Waals surface area (Å²) in [5.74, 6) is -0.559. The van der Waals surface area contributed by atoms with Crippen molar-refractivity contribution in [2.24, 2.45) is 0 Å². The summed E-state index contributed by atoms with van der Waals surface area (Å²) in [4.78, 5) is 11.8. The normalized spacial score (nSPS) is 12.2. The molecule has 0 fully saturated rings. The van der Waals surface area contributed by atoms with Crippen LogP contribution in [0.2, 0.25) is 0 Å². The Morgan fingerprint density at radius 3 is 2.75 bits per heavy atom. The molecule has 0 aliphatic rings. The molecule has 1 rings (SSSR count). The predicted octanol–water partition coefficient (Wildman–Crippen LogP) is 3.49. The van der Waals surface area contributed by atoms with E-state index in [0.717, 1.165) is 6.42 Å². The van der Waals surface area contributed by atoms with Gasteiger partial charge in [0.15, 0.2) is 0 Å². The van der Waals surface area contributed by atoms with Gasteiger partial charge < -0.3 is 5.32 Å². The first-order valence-corrected chi connectivity index (χ1v) is 6.81. The first-order chi connectivity index (χ1) is 7.58.